The SMILES string of the molecule is COC(=O)Cc1ccc(Oc2nc(Cl)ncc2F)cc1. The summed E-state index contributed by atoms with van der Waals surface area (Å²) in [5, 5.41) is -0.108. The third-order valence-electron chi connectivity index (χ3n) is 2.40. The van der Waals surface area contributed by atoms with Crippen molar-refractivity contribution in [1.82, 2.24) is 9.97 Å². The number of carbonyl (C=O) groups excluding carboxylic acids is 1. The molecule has 2 aromatic rings. The van der Waals surface area contributed by atoms with Gasteiger partial charge in [0.2, 0.25) is 11.1 Å². The molecule has 0 unspecified atom stereocenters. The van der Waals surface area contributed by atoms with Crippen LogP contribution in [-0.2, 0) is 16.0 Å². The van der Waals surface area contributed by atoms with Crippen LogP contribution in [0.1, 0.15) is 5.56 Å². The molecular weight excluding hydrogens is 287 g/mol. The van der Waals surface area contributed by atoms with Gasteiger partial charge in [-0.2, -0.15) is 9.37 Å². The van der Waals surface area contributed by atoms with Crippen LogP contribution in [-0.4, -0.2) is 23.0 Å². The van der Waals surface area contributed by atoms with Crippen molar-refractivity contribution in [3.8, 4) is 11.6 Å². The summed E-state index contributed by atoms with van der Waals surface area (Å²) in [5.41, 5.74) is 0.755. The Labute approximate surface area is 119 Å². The molecule has 0 aliphatic rings. The molecule has 0 spiro atoms. The molecule has 0 fully saturated rings. The minimum atomic E-state index is -0.715. The van der Waals surface area contributed by atoms with Crippen molar-refractivity contribution in [2.24, 2.45) is 0 Å². The Morgan fingerprint density at radius 2 is 2.05 bits per heavy atom. The Hall–Kier alpha value is -2.21. The van der Waals surface area contributed by atoms with E-state index in [2.05, 4.69) is 14.7 Å². The first-order valence-electron chi connectivity index (χ1n) is 5.60. The van der Waals surface area contributed by atoms with Crippen LogP contribution >= 0.6 is 11.6 Å². The van der Waals surface area contributed by atoms with Gasteiger partial charge in [-0.1, -0.05) is 12.1 Å². The predicted molar refractivity (Wildman–Crippen MR) is 69.2 cm³/mol. The van der Waals surface area contributed by atoms with Gasteiger partial charge in [0.05, 0.1) is 19.7 Å². The van der Waals surface area contributed by atoms with Crippen LogP contribution in [0, 0.1) is 5.82 Å². The highest BCUT2D eigenvalue weighted by Crippen LogP contribution is 2.23. The number of methoxy groups -OCH3 is 1. The highest BCUT2D eigenvalue weighted by atomic mass is 35.5. The van der Waals surface area contributed by atoms with Gasteiger partial charge in [-0.05, 0) is 29.3 Å². The molecule has 0 bridgehead atoms. The number of rotatable bonds is 4. The lowest BCUT2D eigenvalue weighted by molar-refractivity contribution is -0.139. The van der Waals surface area contributed by atoms with Gasteiger partial charge >= 0.3 is 5.97 Å². The second-order valence-electron chi connectivity index (χ2n) is 3.79. The molecule has 20 heavy (non-hydrogen) atoms. The lowest BCUT2D eigenvalue weighted by Crippen LogP contribution is -2.04. The molecular formula is C13H10ClFN2O3. The topological polar surface area (TPSA) is 61.3 Å². The highest BCUT2D eigenvalue weighted by molar-refractivity contribution is 6.28. The van der Waals surface area contributed by atoms with E-state index in [9.17, 15) is 9.18 Å². The average Bonchev–Trinajstić information content (AvgIpc) is 2.45. The smallest absolute Gasteiger partial charge is 0.309 e. The molecule has 0 N–H and O–H groups in total. The van der Waals surface area contributed by atoms with Crippen LogP contribution in [0.5, 0.6) is 11.6 Å². The van der Waals surface area contributed by atoms with Crippen molar-refractivity contribution in [3.63, 3.8) is 0 Å². The summed E-state index contributed by atoms with van der Waals surface area (Å²) >= 11 is 5.56. The number of ether oxygens (including phenoxy) is 2. The Morgan fingerprint density at radius 3 is 2.70 bits per heavy atom. The second-order valence-corrected chi connectivity index (χ2v) is 4.13. The number of nitrogens with zero attached hydrogens (tertiary/aromatic N) is 2. The number of halogens is 2. The molecule has 5 nitrogen and oxygen atoms in total. The van der Waals surface area contributed by atoms with Crippen molar-refractivity contribution in [1.29, 1.82) is 0 Å². The van der Waals surface area contributed by atoms with Crippen LogP contribution in [0.25, 0.3) is 0 Å². The Bertz CT molecular complexity index is 620. The van der Waals surface area contributed by atoms with E-state index in [1.165, 1.54) is 7.11 Å². The number of benzene rings is 1. The summed E-state index contributed by atoms with van der Waals surface area (Å²) in [4.78, 5) is 18.2. The number of hydrogen-bond acceptors (Lipinski definition) is 5. The average molecular weight is 297 g/mol. The van der Waals surface area contributed by atoms with Crippen LogP contribution in [0.3, 0.4) is 0 Å². The molecule has 0 aliphatic carbocycles. The Kier molecular flexibility index (Phi) is 4.47. The van der Waals surface area contributed by atoms with E-state index in [1.807, 2.05) is 0 Å². The minimum absolute atomic E-state index is 0.108. The first-order valence-corrected chi connectivity index (χ1v) is 5.98. The monoisotopic (exact) mass is 296 g/mol. The predicted octanol–water partition coefficient (Wildman–Crippen LogP) is 2.78. The van der Waals surface area contributed by atoms with Gasteiger partial charge in [0.25, 0.3) is 5.88 Å². The van der Waals surface area contributed by atoms with E-state index in [0.29, 0.717) is 5.75 Å². The van der Waals surface area contributed by atoms with Crippen molar-refractivity contribution in [2.45, 2.75) is 6.42 Å². The molecule has 0 atom stereocenters. The van der Waals surface area contributed by atoms with Gasteiger partial charge in [-0.15, -0.1) is 0 Å². The maximum Gasteiger partial charge on any atom is 0.309 e. The fourth-order valence-electron chi connectivity index (χ4n) is 1.43. The molecule has 0 aliphatic heterocycles. The normalized spacial score (nSPS) is 10.2. The zero-order valence-corrected chi connectivity index (χ0v) is 11.2. The van der Waals surface area contributed by atoms with Gasteiger partial charge < -0.3 is 9.47 Å². The number of carbonyl (C=O) groups is 1. The summed E-state index contributed by atoms with van der Waals surface area (Å²) in [6, 6.07) is 6.53. The zero-order chi connectivity index (χ0) is 14.5. The summed E-state index contributed by atoms with van der Waals surface area (Å²) in [6.07, 6.45) is 1.08. The zero-order valence-electron chi connectivity index (χ0n) is 10.5. The maximum absolute atomic E-state index is 13.4. The third kappa shape index (κ3) is 3.64. The molecule has 0 saturated heterocycles. The molecule has 7 heteroatoms. The number of esters is 1. The molecule has 0 radical (unpaired) electrons. The highest BCUT2D eigenvalue weighted by Gasteiger charge is 2.09. The first kappa shape index (κ1) is 14.2. The standard InChI is InChI=1S/C13H10ClFN2O3/c1-19-11(18)6-8-2-4-9(5-3-8)20-12-10(15)7-16-13(14)17-12/h2-5,7H,6H2,1H3. The van der Waals surface area contributed by atoms with E-state index < -0.39 is 5.82 Å². The van der Waals surface area contributed by atoms with Gasteiger partial charge in [-0.25, -0.2) is 4.98 Å². The van der Waals surface area contributed by atoms with Gasteiger partial charge in [0, 0.05) is 0 Å². The second kappa shape index (κ2) is 6.29. The van der Waals surface area contributed by atoms with E-state index in [0.717, 1.165) is 11.8 Å². The van der Waals surface area contributed by atoms with Crippen molar-refractivity contribution in [2.75, 3.05) is 7.11 Å². The third-order valence-corrected chi connectivity index (χ3v) is 2.58. The quantitative estimate of drug-likeness (QED) is 0.641. The van der Waals surface area contributed by atoms with Crippen molar-refractivity contribution < 1.29 is 18.7 Å². The summed E-state index contributed by atoms with van der Waals surface area (Å²) in [7, 11) is 1.32. The summed E-state index contributed by atoms with van der Waals surface area (Å²) in [6.45, 7) is 0. The molecule has 104 valence electrons. The number of aromatic nitrogens is 2. The largest absolute Gasteiger partial charge is 0.469 e. The van der Waals surface area contributed by atoms with Crippen molar-refractivity contribution in [3.05, 3.63) is 47.1 Å². The van der Waals surface area contributed by atoms with E-state index >= 15 is 0 Å². The van der Waals surface area contributed by atoms with Gasteiger partial charge in [0.1, 0.15) is 5.75 Å². The number of hydrogen-bond donors (Lipinski definition) is 0. The van der Waals surface area contributed by atoms with Crippen LogP contribution < -0.4 is 4.74 Å². The molecule has 1 heterocycles. The lowest BCUT2D eigenvalue weighted by Gasteiger charge is -2.06. The summed E-state index contributed by atoms with van der Waals surface area (Å²) in [5.74, 6) is -0.946. The summed E-state index contributed by atoms with van der Waals surface area (Å²) < 4.78 is 23.2. The Morgan fingerprint density at radius 1 is 1.35 bits per heavy atom. The molecule has 1 aromatic carbocycles. The molecule has 2 rings (SSSR count). The van der Waals surface area contributed by atoms with Crippen LogP contribution in [0.2, 0.25) is 5.28 Å². The van der Waals surface area contributed by atoms with Crippen molar-refractivity contribution >= 4 is 17.6 Å². The van der Waals surface area contributed by atoms with Crippen LogP contribution in [0.15, 0.2) is 30.5 Å². The molecule has 1 aromatic heterocycles. The minimum Gasteiger partial charge on any atom is -0.469 e. The fourth-order valence-corrected chi connectivity index (χ4v) is 1.55. The van der Waals surface area contributed by atoms with Crippen LogP contribution in [0.4, 0.5) is 4.39 Å². The lowest BCUT2D eigenvalue weighted by atomic mass is 10.1. The van der Waals surface area contributed by atoms with Gasteiger partial charge in [-0.3, -0.25) is 4.79 Å². The molecule has 0 amide bonds. The first-order chi connectivity index (χ1) is 9.58. The Balaban J connectivity index is 2.10. The van der Waals surface area contributed by atoms with E-state index in [4.69, 9.17) is 16.3 Å². The van der Waals surface area contributed by atoms with E-state index in [1.54, 1.807) is 24.3 Å². The molecule has 0 saturated carbocycles. The fraction of sp³-hybridized carbons (Fsp3) is 0.154. The van der Waals surface area contributed by atoms with E-state index in [-0.39, 0.29) is 23.6 Å². The van der Waals surface area contributed by atoms with Gasteiger partial charge in [0.15, 0.2) is 0 Å². The maximum atomic E-state index is 13.4.